The summed E-state index contributed by atoms with van der Waals surface area (Å²) in [4.78, 5) is 38.1. The number of carbonyl (C=O) groups is 3. The van der Waals surface area contributed by atoms with Gasteiger partial charge in [-0.1, -0.05) is 52.3 Å². The molecule has 0 saturated heterocycles. The van der Waals surface area contributed by atoms with Crippen LogP contribution < -0.4 is 5.32 Å². The number of hydrogen-bond donors (Lipinski definition) is 1. The highest BCUT2D eigenvalue weighted by Gasteiger charge is 2.69. The van der Waals surface area contributed by atoms with Crippen LogP contribution in [0.1, 0.15) is 51.3 Å². The van der Waals surface area contributed by atoms with Gasteiger partial charge in [-0.05, 0) is 43.0 Å². The first-order valence-corrected chi connectivity index (χ1v) is 15.3. The molecule has 0 fully saturated rings. The summed E-state index contributed by atoms with van der Waals surface area (Å²) in [6.45, 7) is 1.33. The second kappa shape index (κ2) is 15.5. The van der Waals surface area contributed by atoms with Crippen LogP contribution in [-0.2, 0) is 47.3 Å². The summed E-state index contributed by atoms with van der Waals surface area (Å²) in [5, 5.41) is -1.67. The minimum absolute atomic E-state index is 0.0857. The van der Waals surface area contributed by atoms with Crippen molar-refractivity contribution in [3.05, 3.63) is 70.3 Å². The zero-order valence-corrected chi connectivity index (χ0v) is 25.9. The molecule has 2 rings (SSSR count). The highest BCUT2D eigenvalue weighted by molar-refractivity contribution is 9.09. The van der Waals surface area contributed by atoms with Crippen molar-refractivity contribution in [3.63, 3.8) is 0 Å². The van der Waals surface area contributed by atoms with Gasteiger partial charge in [0.2, 0.25) is 5.28 Å². The summed E-state index contributed by atoms with van der Waals surface area (Å²) in [5.74, 6) is -1.95. The average molecular weight is 682 g/mol. The second-order valence-electron chi connectivity index (χ2n) is 8.65. The molecule has 1 atom stereocenters. The maximum atomic E-state index is 15.2. The number of benzene rings is 2. The van der Waals surface area contributed by atoms with Crippen LogP contribution >= 0.6 is 23.5 Å². The molecule has 0 aromatic heterocycles. The van der Waals surface area contributed by atoms with Crippen molar-refractivity contribution in [1.82, 2.24) is 5.32 Å². The van der Waals surface area contributed by atoms with Crippen LogP contribution in [0.4, 0.5) is 18.0 Å². The van der Waals surface area contributed by atoms with Gasteiger partial charge >= 0.3 is 31.8 Å². The van der Waals surface area contributed by atoms with E-state index < -0.39 is 56.7 Å². The molecular weight excluding hydrogens is 650 g/mol. The van der Waals surface area contributed by atoms with Gasteiger partial charge in [-0.3, -0.25) is 9.88 Å². The number of aryl methyl sites for hydroxylation is 1. The van der Waals surface area contributed by atoms with Crippen molar-refractivity contribution in [2.75, 3.05) is 32.8 Å². The molecule has 42 heavy (non-hydrogen) atoms. The summed E-state index contributed by atoms with van der Waals surface area (Å²) in [6, 6.07) is 10.4. The average Bonchev–Trinajstić information content (AvgIpc) is 2.95. The lowest BCUT2D eigenvalue weighted by molar-refractivity contribution is -0.174. The Morgan fingerprint density at radius 2 is 1.52 bits per heavy atom. The number of ether oxygens (including phenoxy) is 3. The van der Waals surface area contributed by atoms with Crippen LogP contribution in [0.15, 0.2) is 42.5 Å². The Balaban J connectivity index is 2.78. The second-order valence-corrected chi connectivity index (χ2v) is 11.7. The highest BCUT2D eigenvalue weighted by atomic mass is 79.9. The molecule has 1 unspecified atom stereocenters. The number of rotatable bonds is 14. The van der Waals surface area contributed by atoms with Crippen LogP contribution in [-0.4, -0.2) is 62.3 Å². The van der Waals surface area contributed by atoms with Crippen molar-refractivity contribution in [2.24, 2.45) is 0 Å². The molecule has 0 aliphatic rings. The maximum absolute atomic E-state index is 15.2. The fourth-order valence-corrected chi connectivity index (χ4v) is 6.68. The number of nitrogens with one attached hydrogen (secondary N) is 1. The summed E-state index contributed by atoms with van der Waals surface area (Å²) in [7, 11) is -3.15. The van der Waals surface area contributed by atoms with Crippen LogP contribution in [0.5, 0.6) is 0 Å². The number of esters is 2. The van der Waals surface area contributed by atoms with Gasteiger partial charge in [-0.15, -0.1) is 0 Å². The van der Waals surface area contributed by atoms with Crippen LogP contribution in [0.2, 0.25) is 0 Å². The van der Waals surface area contributed by atoms with Gasteiger partial charge in [-0.2, -0.15) is 13.2 Å². The monoisotopic (exact) mass is 681 g/mol. The molecule has 0 spiro atoms. The van der Waals surface area contributed by atoms with Gasteiger partial charge in [0.15, 0.2) is 0 Å². The van der Waals surface area contributed by atoms with E-state index in [0.717, 1.165) is 20.3 Å². The number of carbonyl (C=O) groups excluding carboxylic acids is 3. The van der Waals surface area contributed by atoms with E-state index in [2.05, 4.69) is 15.9 Å². The lowest BCUT2D eigenvalue weighted by Crippen LogP contribution is -2.60. The van der Waals surface area contributed by atoms with Crippen molar-refractivity contribution < 1.29 is 55.4 Å². The third kappa shape index (κ3) is 8.12. The van der Waals surface area contributed by atoms with E-state index in [-0.39, 0.29) is 40.6 Å². The van der Waals surface area contributed by atoms with Crippen molar-refractivity contribution in [2.45, 2.75) is 44.8 Å². The Hall–Kier alpha value is -2.93. The first-order valence-electron chi connectivity index (χ1n) is 12.7. The van der Waals surface area contributed by atoms with Gasteiger partial charge in [0.25, 0.3) is 0 Å². The molecule has 2 aromatic rings. The van der Waals surface area contributed by atoms with E-state index in [0.29, 0.717) is 5.56 Å². The molecule has 1 amide bonds. The molecule has 0 aliphatic carbocycles. The summed E-state index contributed by atoms with van der Waals surface area (Å²) in [5.41, 5.74) is -0.203. The zero-order chi connectivity index (χ0) is 31.6. The molecule has 0 saturated carbocycles. The van der Waals surface area contributed by atoms with Gasteiger partial charge in [0.05, 0.1) is 38.6 Å². The number of halogens is 4. The number of hydrogen-bond acceptors (Lipinski definition) is 9. The fourth-order valence-electron chi connectivity index (χ4n) is 4.14. The zero-order valence-electron chi connectivity index (χ0n) is 23.4. The van der Waals surface area contributed by atoms with Gasteiger partial charge in [0, 0.05) is 11.8 Å². The Kier molecular flexibility index (Phi) is 13.0. The SMILES string of the molecule is CCOP(=O)(OCC)C(Cc1cc(CCBr)c(C(=O)OC)c(C(=O)OC)c1)(NC(=O)OCc1ccccc1)C(F)(F)F. The molecule has 2 aromatic carbocycles. The third-order valence-corrected chi connectivity index (χ3v) is 9.01. The largest absolute Gasteiger partial charge is 0.465 e. The number of alkyl carbamates (subject to hydrolysis) is 1. The Morgan fingerprint density at radius 3 is 2.02 bits per heavy atom. The van der Waals surface area contributed by atoms with Crippen LogP contribution in [0.25, 0.3) is 0 Å². The molecule has 232 valence electrons. The molecule has 1 N–H and O–H groups in total. The van der Waals surface area contributed by atoms with Crippen LogP contribution in [0, 0.1) is 0 Å². The van der Waals surface area contributed by atoms with Crippen molar-refractivity contribution in [1.29, 1.82) is 0 Å². The maximum Gasteiger partial charge on any atom is 0.423 e. The quantitative estimate of drug-likeness (QED) is 0.107. The molecular formula is C27H32BrF3NO9P. The Labute approximate surface area is 249 Å². The third-order valence-electron chi connectivity index (χ3n) is 5.95. The predicted octanol–water partition coefficient (Wildman–Crippen LogP) is 6.19. The first-order chi connectivity index (χ1) is 19.8. The van der Waals surface area contributed by atoms with Crippen LogP contribution in [0.3, 0.4) is 0 Å². The smallest absolute Gasteiger partial charge is 0.423 e. The van der Waals surface area contributed by atoms with Gasteiger partial charge in [0.1, 0.15) is 6.61 Å². The first kappa shape index (κ1) is 35.3. The minimum Gasteiger partial charge on any atom is -0.465 e. The fraction of sp³-hybridized carbons (Fsp3) is 0.444. The lowest BCUT2D eigenvalue weighted by Gasteiger charge is -2.40. The normalized spacial score (nSPS) is 13.1. The minimum atomic E-state index is -5.44. The summed E-state index contributed by atoms with van der Waals surface area (Å²) in [6.07, 6.45) is -8.13. The number of alkyl halides is 4. The Morgan fingerprint density at radius 1 is 0.929 bits per heavy atom. The lowest BCUT2D eigenvalue weighted by atomic mass is 9.92. The molecule has 0 radical (unpaired) electrons. The topological polar surface area (TPSA) is 126 Å². The highest BCUT2D eigenvalue weighted by Crippen LogP contribution is 2.65. The predicted molar refractivity (Wildman–Crippen MR) is 150 cm³/mol. The molecule has 15 heteroatoms. The van der Waals surface area contributed by atoms with E-state index in [9.17, 15) is 18.9 Å². The van der Waals surface area contributed by atoms with E-state index in [1.54, 1.807) is 35.6 Å². The van der Waals surface area contributed by atoms with Crippen molar-refractivity contribution in [3.8, 4) is 0 Å². The molecule has 0 heterocycles. The van der Waals surface area contributed by atoms with Gasteiger partial charge in [-0.25, -0.2) is 14.4 Å². The van der Waals surface area contributed by atoms with E-state index >= 15 is 13.2 Å². The molecule has 0 aliphatic heterocycles. The summed E-state index contributed by atoms with van der Waals surface area (Å²) < 4.78 is 84.4. The van der Waals surface area contributed by atoms with Crippen molar-refractivity contribution >= 4 is 41.6 Å². The number of amides is 1. The van der Waals surface area contributed by atoms with Gasteiger partial charge < -0.3 is 23.3 Å². The molecule has 10 nitrogen and oxygen atoms in total. The summed E-state index contributed by atoms with van der Waals surface area (Å²) >= 11 is 3.22. The molecule has 0 bridgehead atoms. The van der Waals surface area contributed by atoms with E-state index in [4.69, 9.17) is 23.3 Å². The Bertz CT molecular complexity index is 1280. The standard InChI is InChI=1S/C27H32BrF3NO9P/c1-5-40-42(36,41-6-2)26(27(29,30)31,32-25(35)39-17-18-10-8-7-9-11-18)16-19-14-20(12-13-28)22(24(34)38-4)21(15-19)23(33)37-3/h7-11,14-15H,5-6,12-13,16-17H2,1-4H3,(H,32,35). The number of methoxy groups -OCH3 is 2. The van der Waals surface area contributed by atoms with E-state index in [1.807, 2.05) is 0 Å². The van der Waals surface area contributed by atoms with E-state index in [1.165, 1.54) is 19.9 Å².